The minimum atomic E-state index is -0.234. The van der Waals surface area contributed by atoms with Gasteiger partial charge in [-0.3, -0.25) is 0 Å². The van der Waals surface area contributed by atoms with Crippen LogP contribution in [0.1, 0.15) is 11.1 Å². The average molecular weight is 353 g/mol. The number of imidazole rings is 1. The minimum Gasteiger partial charge on any atom is -0.356 e. The van der Waals surface area contributed by atoms with Crippen molar-refractivity contribution in [3.05, 3.63) is 71.7 Å². The van der Waals surface area contributed by atoms with E-state index in [1.807, 2.05) is 30.5 Å². The number of anilines is 1. The van der Waals surface area contributed by atoms with Crippen LogP contribution in [0.3, 0.4) is 0 Å². The molecule has 4 rings (SSSR count). The molecule has 0 saturated carbocycles. The molecule has 2 heterocycles. The minimum absolute atomic E-state index is 0.234. The Hall–Kier alpha value is -2.77. The first kappa shape index (κ1) is 15.7. The fourth-order valence-corrected chi connectivity index (χ4v) is 3.33. The molecule has 0 saturated heterocycles. The zero-order valence-electron chi connectivity index (χ0n) is 13.3. The summed E-state index contributed by atoms with van der Waals surface area (Å²) >= 11 is 1.48. The lowest BCUT2D eigenvalue weighted by Gasteiger charge is -2.02. The Labute approximate surface area is 147 Å². The van der Waals surface area contributed by atoms with Crippen molar-refractivity contribution >= 4 is 21.4 Å². The van der Waals surface area contributed by atoms with E-state index in [1.54, 1.807) is 16.6 Å². The Morgan fingerprint density at radius 3 is 2.72 bits per heavy atom. The van der Waals surface area contributed by atoms with Crippen LogP contribution in [0, 0.1) is 5.82 Å². The van der Waals surface area contributed by atoms with E-state index in [4.69, 9.17) is 5.73 Å². The van der Waals surface area contributed by atoms with Gasteiger partial charge in [-0.15, -0.1) is 5.10 Å². The lowest BCUT2D eigenvalue weighted by molar-refractivity contribution is 0.627. The quantitative estimate of drug-likeness (QED) is 0.574. The summed E-state index contributed by atoms with van der Waals surface area (Å²) in [6.45, 7) is 1.09. The van der Waals surface area contributed by atoms with Crippen molar-refractivity contribution in [1.29, 1.82) is 0 Å². The van der Waals surface area contributed by atoms with Gasteiger partial charge in [0.05, 0.1) is 11.9 Å². The molecule has 0 spiro atoms. The molecule has 2 aromatic carbocycles. The number of nitrogens with one attached hydrogen (secondary N) is 1. The van der Waals surface area contributed by atoms with E-state index in [9.17, 15) is 4.39 Å². The predicted molar refractivity (Wildman–Crippen MR) is 97.9 cm³/mol. The molecule has 25 heavy (non-hydrogen) atoms. The zero-order chi connectivity index (χ0) is 17.2. The number of fused-ring (bicyclic) bond motifs is 1. The maximum absolute atomic E-state index is 12.9. The number of hydrogen-bond acceptors (Lipinski definition) is 5. The van der Waals surface area contributed by atoms with E-state index in [0.717, 1.165) is 32.5 Å². The highest BCUT2D eigenvalue weighted by Crippen LogP contribution is 2.25. The molecule has 5 nitrogen and oxygen atoms in total. The van der Waals surface area contributed by atoms with E-state index in [0.29, 0.717) is 13.1 Å². The molecule has 7 heteroatoms. The molecule has 0 aliphatic carbocycles. The summed E-state index contributed by atoms with van der Waals surface area (Å²) in [6.07, 6.45) is 1.91. The molecule has 2 aromatic heterocycles. The van der Waals surface area contributed by atoms with Gasteiger partial charge in [0.1, 0.15) is 5.82 Å². The van der Waals surface area contributed by atoms with Crippen LogP contribution in [0.2, 0.25) is 0 Å². The van der Waals surface area contributed by atoms with Gasteiger partial charge in [0.2, 0.25) is 10.1 Å². The van der Waals surface area contributed by atoms with Gasteiger partial charge in [0.15, 0.2) is 0 Å². The van der Waals surface area contributed by atoms with Crippen LogP contribution in [0.25, 0.3) is 16.2 Å². The van der Waals surface area contributed by atoms with Crippen LogP contribution in [0.15, 0.2) is 54.7 Å². The topological polar surface area (TPSA) is 68.2 Å². The van der Waals surface area contributed by atoms with Crippen LogP contribution in [-0.4, -0.2) is 14.6 Å². The Kier molecular flexibility index (Phi) is 4.17. The molecule has 0 aliphatic rings. The maximum Gasteiger partial charge on any atom is 0.214 e. The fourth-order valence-electron chi connectivity index (χ4n) is 2.55. The van der Waals surface area contributed by atoms with Crippen LogP contribution < -0.4 is 11.1 Å². The Bertz CT molecular complexity index is 974. The molecule has 0 amide bonds. The third-order valence-corrected chi connectivity index (χ3v) is 4.74. The Balaban J connectivity index is 1.51. The van der Waals surface area contributed by atoms with Gasteiger partial charge in [-0.1, -0.05) is 41.7 Å². The summed E-state index contributed by atoms with van der Waals surface area (Å²) < 4.78 is 14.7. The molecule has 0 fully saturated rings. The number of rotatable bonds is 5. The number of aromatic nitrogens is 3. The van der Waals surface area contributed by atoms with Crippen molar-refractivity contribution in [3.63, 3.8) is 0 Å². The van der Waals surface area contributed by atoms with Crippen LogP contribution in [0.4, 0.5) is 9.52 Å². The molecule has 0 bridgehead atoms. The van der Waals surface area contributed by atoms with Gasteiger partial charge < -0.3 is 11.1 Å². The number of benzene rings is 2. The summed E-state index contributed by atoms with van der Waals surface area (Å²) in [7, 11) is 0. The monoisotopic (exact) mass is 353 g/mol. The van der Waals surface area contributed by atoms with Crippen molar-refractivity contribution in [3.8, 4) is 11.3 Å². The van der Waals surface area contributed by atoms with Crippen molar-refractivity contribution in [2.45, 2.75) is 13.1 Å². The second-order valence-corrected chi connectivity index (χ2v) is 6.60. The molecule has 4 aromatic rings. The highest BCUT2D eigenvalue weighted by molar-refractivity contribution is 7.20. The number of hydrogen-bond donors (Lipinski definition) is 2. The third-order valence-electron chi connectivity index (χ3n) is 3.86. The van der Waals surface area contributed by atoms with Crippen molar-refractivity contribution in [1.82, 2.24) is 14.6 Å². The molecular weight excluding hydrogens is 337 g/mol. The number of nitrogens with zero attached hydrogens (tertiary/aromatic N) is 3. The van der Waals surface area contributed by atoms with Gasteiger partial charge >= 0.3 is 0 Å². The summed E-state index contributed by atoms with van der Waals surface area (Å²) in [4.78, 5) is 5.45. The highest BCUT2D eigenvalue weighted by Gasteiger charge is 2.10. The molecule has 0 unspecified atom stereocenters. The summed E-state index contributed by atoms with van der Waals surface area (Å²) in [5, 5.41) is 8.51. The van der Waals surface area contributed by atoms with E-state index in [-0.39, 0.29) is 5.82 Å². The fraction of sp³-hybridized carbons (Fsp3) is 0.111. The maximum atomic E-state index is 12.9. The Morgan fingerprint density at radius 2 is 1.96 bits per heavy atom. The highest BCUT2D eigenvalue weighted by atomic mass is 32.1. The van der Waals surface area contributed by atoms with Crippen LogP contribution in [0.5, 0.6) is 0 Å². The first-order chi connectivity index (χ1) is 12.2. The summed E-state index contributed by atoms with van der Waals surface area (Å²) in [5.41, 5.74) is 9.67. The van der Waals surface area contributed by atoms with Gasteiger partial charge in [0.25, 0.3) is 0 Å². The second-order valence-electron chi connectivity index (χ2n) is 5.65. The lowest BCUT2D eigenvalue weighted by Crippen LogP contribution is -1.99. The largest absolute Gasteiger partial charge is 0.356 e. The van der Waals surface area contributed by atoms with Crippen molar-refractivity contribution in [2.24, 2.45) is 5.73 Å². The van der Waals surface area contributed by atoms with Crippen LogP contribution in [-0.2, 0) is 13.1 Å². The van der Waals surface area contributed by atoms with E-state index >= 15 is 0 Å². The Morgan fingerprint density at radius 1 is 1.12 bits per heavy atom. The normalized spacial score (nSPS) is 11.1. The molecule has 0 aliphatic heterocycles. The summed E-state index contributed by atoms with van der Waals surface area (Å²) in [5.74, 6) is -0.234. The summed E-state index contributed by atoms with van der Waals surface area (Å²) in [6, 6.07) is 14.4. The predicted octanol–water partition coefficient (Wildman–Crippen LogP) is 3.67. The second kappa shape index (κ2) is 6.62. The van der Waals surface area contributed by atoms with E-state index in [2.05, 4.69) is 15.4 Å². The zero-order valence-corrected chi connectivity index (χ0v) is 14.1. The lowest BCUT2D eigenvalue weighted by atomic mass is 10.1. The third kappa shape index (κ3) is 3.38. The van der Waals surface area contributed by atoms with Gasteiger partial charge in [-0.05, 0) is 29.3 Å². The molecule has 126 valence electrons. The average Bonchev–Trinajstić information content (AvgIpc) is 3.20. The van der Waals surface area contributed by atoms with Crippen molar-refractivity contribution in [2.75, 3.05) is 5.32 Å². The van der Waals surface area contributed by atoms with Gasteiger partial charge in [-0.25, -0.2) is 13.9 Å². The first-order valence-electron chi connectivity index (χ1n) is 7.85. The number of halogens is 1. The smallest absolute Gasteiger partial charge is 0.214 e. The van der Waals surface area contributed by atoms with Crippen molar-refractivity contribution < 1.29 is 4.39 Å². The molecule has 0 atom stereocenters. The SMILES string of the molecule is NCc1cccc(-c2cn3nc(NCc4ccc(F)cc4)sc3n2)c1. The molecule has 0 radical (unpaired) electrons. The van der Waals surface area contributed by atoms with Crippen LogP contribution >= 0.6 is 11.3 Å². The van der Waals surface area contributed by atoms with Gasteiger partial charge in [0, 0.05) is 18.7 Å². The van der Waals surface area contributed by atoms with E-state index in [1.165, 1.54) is 23.5 Å². The molecular formula is C18H16FN5S. The number of nitrogens with two attached hydrogens (primary N) is 1. The van der Waals surface area contributed by atoms with E-state index < -0.39 is 0 Å². The standard InChI is InChI=1S/C18H16FN5S/c19-15-6-4-12(5-7-15)10-21-17-23-24-11-16(22-18(24)25-17)14-3-1-2-13(8-14)9-20/h1-8,11H,9-10,20H2,(H,21,23). The molecule has 3 N–H and O–H groups in total. The first-order valence-corrected chi connectivity index (χ1v) is 8.67. The van der Waals surface area contributed by atoms with Gasteiger partial charge in [-0.2, -0.15) is 0 Å².